The Bertz CT molecular complexity index is 642. The third-order valence-electron chi connectivity index (χ3n) is 3.00. The van der Waals surface area contributed by atoms with Crippen LogP contribution in [0.15, 0.2) is 29.2 Å². The molecule has 1 atom stereocenters. The molecular weight excluding hydrogens is 288 g/mol. The van der Waals surface area contributed by atoms with Gasteiger partial charge in [0.15, 0.2) is 0 Å². The number of nitrogens with one attached hydrogen (secondary N) is 1. The Balaban J connectivity index is 3.17. The Kier molecular flexibility index (Phi) is 6.32. The van der Waals surface area contributed by atoms with Gasteiger partial charge >= 0.3 is 0 Å². The Morgan fingerprint density at radius 1 is 1.29 bits per heavy atom. The number of hydrogen-bond donors (Lipinski definition) is 1. The average molecular weight is 306 g/mol. The molecule has 0 heterocycles. The Hall–Kier alpha value is -1.93. The van der Waals surface area contributed by atoms with E-state index in [1.165, 1.54) is 6.07 Å². The zero-order valence-electron chi connectivity index (χ0n) is 12.1. The molecule has 0 saturated heterocycles. The minimum Gasteiger partial charge on any atom is -0.310 e. The summed E-state index contributed by atoms with van der Waals surface area (Å²) in [6.07, 6.45) is 0. The molecule has 1 rings (SSSR count). The van der Waals surface area contributed by atoms with E-state index in [0.717, 1.165) is 16.4 Å². The first-order valence-electron chi connectivity index (χ1n) is 6.54. The van der Waals surface area contributed by atoms with Gasteiger partial charge in [0.25, 0.3) is 0 Å². The highest BCUT2D eigenvalue weighted by Gasteiger charge is 2.24. The highest BCUT2D eigenvalue weighted by Crippen LogP contribution is 2.20. The van der Waals surface area contributed by atoms with Gasteiger partial charge in [-0.3, -0.25) is 0 Å². The molecule has 0 amide bonds. The summed E-state index contributed by atoms with van der Waals surface area (Å²) in [5, 5.41) is 20.6. The van der Waals surface area contributed by atoms with Gasteiger partial charge in [-0.25, -0.2) is 8.42 Å². The summed E-state index contributed by atoms with van der Waals surface area (Å²) in [5.74, 6) is 0. The van der Waals surface area contributed by atoms with E-state index < -0.39 is 10.0 Å². The topological polar surface area (TPSA) is 97.0 Å². The summed E-state index contributed by atoms with van der Waals surface area (Å²) in [4.78, 5) is 0.0928. The molecule has 0 fully saturated rings. The second-order valence-electron chi connectivity index (χ2n) is 4.44. The second-order valence-corrected chi connectivity index (χ2v) is 6.38. The molecule has 21 heavy (non-hydrogen) atoms. The molecule has 0 saturated carbocycles. The predicted molar refractivity (Wildman–Crippen MR) is 78.5 cm³/mol. The number of rotatable bonds is 7. The lowest BCUT2D eigenvalue weighted by molar-refractivity contribution is 0.479. The van der Waals surface area contributed by atoms with Gasteiger partial charge in [0.1, 0.15) is 13.1 Å². The molecule has 7 heteroatoms. The van der Waals surface area contributed by atoms with Crippen LogP contribution in [0.4, 0.5) is 0 Å². The normalized spacial score (nSPS) is 12.6. The quantitative estimate of drug-likeness (QED) is 0.768. The van der Waals surface area contributed by atoms with Crippen molar-refractivity contribution in [1.82, 2.24) is 9.62 Å². The molecule has 0 bridgehead atoms. The highest BCUT2D eigenvalue weighted by molar-refractivity contribution is 7.89. The predicted octanol–water partition coefficient (Wildman–Crippen LogP) is 1.39. The van der Waals surface area contributed by atoms with Gasteiger partial charge in [-0.2, -0.15) is 14.8 Å². The standard InChI is InChI=1S/C14H18N4O2S/c1-3-17-12(2)13-5-4-6-14(11-13)21(19,20)18(9-7-15)10-8-16/h4-6,11-12,17H,3,9-10H2,1-2H3. The largest absolute Gasteiger partial charge is 0.310 e. The van der Waals surface area contributed by atoms with Gasteiger partial charge < -0.3 is 5.32 Å². The van der Waals surface area contributed by atoms with Crippen molar-refractivity contribution in [3.63, 3.8) is 0 Å². The van der Waals surface area contributed by atoms with Crippen molar-refractivity contribution in [2.24, 2.45) is 0 Å². The zero-order chi connectivity index (χ0) is 15.9. The minimum atomic E-state index is -3.84. The number of benzene rings is 1. The van der Waals surface area contributed by atoms with Crippen LogP contribution in [0.3, 0.4) is 0 Å². The van der Waals surface area contributed by atoms with Gasteiger partial charge in [-0.15, -0.1) is 0 Å². The van der Waals surface area contributed by atoms with Crippen LogP contribution in [0.2, 0.25) is 0 Å². The monoisotopic (exact) mass is 306 g/mol. The molecule has 0 aliphatic carbocycles. The van der Waals surface area contributed by atoms with Gasteiger partial charge in [0.05, 0.1) is 17.0 Å². The maximum atomic E-state index is 12.4. The van der Waals surface area contributed by atoms with E-state index >= 15 is 0 Å². The number of nitrogens with zero attached hydrogens (tertiary/aromatic N) is 3. The average Bonchev–Trinajstić information content (AvgIpc) is 2.47. The molecule has 0 aliphatic rings. The van der Waals surface area contributed by atoms with E-state index in [2.05, 4.69) is 5.32 Å². The summed E-state index contributed by atoms with van der Waals surface area (Å²) >= 11 is 0. The molecule has 112 valence electrons. The van der Waals surface area contributed by atoms with Crippen molar-refractivity contribution in [1.29, 1.82) is 10.5 Å². The minimum absolute atomic E-state index is 0.0190. The van der Waals surface area contributed by atoms with Crippen LogP contribution in [-0.4, -0.2) is 32.4 Å². The summed E-state index contributed by atoms with van der Waals surface area (Å²) < 4.78 is 25.8. The Morgan fingerprint density at radius 3 is 2.43 bits per heavy atom. The molecule has 0 radical (unpaired) electrons. The maximum Gasteiger partial charge on any atom is 0.244 e. The van der Waals surface area contributed by atoms with Crippen molar-refractivity contribution in [3.8, 4) is 12.1 Å². The van der Waals surface area contributed by atoms with Crippen LogP contribution in [0.5, 0.6) is 0 Å². The molecule has 0 aromatic heterocycles. The number of hydrogen-bond acceptors (Lipinski definition) is 5. The van der Waals surface area contributed by atoms with Crippen LogP contribution in [-0.2, 0) is 10.0 Å². The van der Waals surface area contributed by atoms with Gasteiger partial charge in [0.2, 0.25) is 10.0 Å². The lowest BCUT2D eigenvalue weighted by atomic mass is 10.1. The Morgan fingerprint density at radius 2 is 1.90 bits per heavy atom. The van der Waals surface area contributed by atoms with Crippen LogP contribution < -0.4 is 5.32 Å². The number of nitriles is 2. The van der Waals surface area contributed by atoms with Crippen LogP contribution in [0.1, 0.15) is 25.5 Å². The molecule has 1 aromatic rings. The van der Waals surface area contributed by atoms with Crippen molar-refractivity contribution < 1.29 is 8.42 Å². The fourth-order valence-electron chi connectivity index (χ4n) is 1.90. The van der Waals surface area contributed by atoms with E-state index in [9.17, 15) is 8.42 Å². The molecular formula is C14H18N4O2S. The molecule has 0 aliphatic heterocycles. The fourth-order valence-corrected chi connectivity index (χ4v) is 3.19. The van der Waals surface area contributed by atoms with Crippen molar-refractivity contribution >= 4 is 10.0 Å². The van der Waals surface area contributed by atoms with E-state index in [0.29, 0.717) is 0 Å². The van der Waals surface area contributed by atoms with Crippen LogP contribution in [0, 0.1) is 22.7 Å². The summed E-state index contributed by atoms with van der Waals surface area (Å²) in [6.45, 7) is 4.00. The summed E-state index contributed by atoms with van der Waals surface area (Å²) in [6, 6.07) is 10.1. The van der Waals surface area contributed by atoms with Gasteiger partial charge in [0, 0.05) is 6.04 Å². The first kappa shape index (κ1) is 17.1. The SMILES string of the molecule is CCNC(C)c1cccc(S(=O)(=O)N(CC#N)CC#N)c1. The highest BCUT2D eigenvalue weighted by atomic mass is 32.2. The Labute approximate surface area is 125 Å². The van der Waals surface area contributed by atoms with E-state index in [4.69, 9.17) is 10.5 Å². The first-order valence-corrected chi connectivity index (χ1v) is 7.98. The fraction of sp³-hybridized carbons (Fsp3) is 0.429. The van der Waals surface area contributed by atoms with Crippen LogP contribution in [0.25, 0.3) is 0 Å². The lowest BCUT2D eigenvalue weighted by Gasteiger charge is -2.18. The molecule has 0 spiro atoms. The van der Waals surface area contributed by atoms with Crippen molar-refractivity contribution in [2.45, 2.75) is 24.8 Å². The van der Waals surface area contributed by atoms with E-state index in [-0.39, 0.29) is 24.0 Å². The first-order chi connectivity index (χ1) is 9.97. The molecule has 1 N–H and O–H groups in total. The molecule has 6 nitrogen and oxygen atoms in total. The van der Waals surface area contributed by atoms with E-state index in [1.807, 2.05) is 19.9 Å². The van der Waals surface area contributed by atoms with Crippen LogP contribution >= 0.6 is 0 Å². The second kappa shape index (κ2) is 7.75. The maximum absolute atomic E-state index is 12.4. The smallest absolute Gasteiger partial charge is 0.244 e. The lowest BCUT2D eigenvalue weighted by Crippen LogP contribution is -2.32. The zero-order valence-corrected chi connectivity index (χ0v) is 12.9. The summed E-state index contributed by atoms with van der Waals surface area (Å²) in [5.41, 5.74) is 0.840. The van der Waals surface area contributed by atoms with Gasteiger partial charge in [-0.1, -0.05) is 19.1 Å². The molecule has 1 aromatic carbocycles. The van der Waals surface area contributed by atoms with Gasteiger partial charge in [-0.05, 0) is 31.2 Å². The third-order valence-corrected chi connectivity index (χ3v) is 4.79. The summed E-state index contributed by atoms with van der Waals surface area (Å²) in [7, 11) is -3.84. The molecule has 1 unspecified atom stereocenters. The third kappa shape index (κ3) is 4.27. The van der Waals surface area contributed by atoms with Crippen molar-refractivity contribution in [3.05, 3.63) is 29.8 Å². The number of sulfonamides is 1. The van der Waals surface area contributed by atoms with E-state index in [1.54, 1.807) is 24.3 Å². The van der Waals surface area contributed by atoms with Crippen molar-refractivity contribution in [2.75, 3.05) is 19.6 Å².